The van der Waals surface area contributed by atoms with Gasteiger partial charge in [-0.1, -0.05) is 12.1 Å². The van der Waals surface area contributed by atoms with Gasteiger partial charge in [0.1, 0.15) is 11.6 Å². The van der Waals surface area contributed by atoms with Crippen LogP contribution in [0.3, 0.4) is 0 Å². The Morgan fingerprint density at radius 2 is 1.78 bits per heavy atom. The highest BCUT2D eigenvalue weighted by Crippen LogP contribution is 2.23. The number of fused-ring (bicyclic) bond motifs is 1. The molecule has 0 aliphatic heterocycles. The van der Waals surface area contributed by atoms with Gasteiger partial charge in [0, 0.05) is 32.9 Å². The number of carbonyl (C=O) groups is 1. The van der Waals surface area contributed by atoms with Crippen molar-refractivity contribution in [1.29, 1.82) is 0 Å². The van der Waals surface area contributed by atoms with E-state index in [4.69, 9.17) is 14.5 Å². The second kappa shape index (κ2) is 11.0. The van der Waals surface area contributed by atoms with Crippen LogP contribution in [-0.2, 0) is 16.0 Å². The van der Waals surface area contributed by atoms with Gasteiger partial charge in [-0.2, -0.15) is 0 Å². The molecule has 0 N–H and O–H groups in total. The van der Waals surface area contributed by atoms with Crippen LogP contribution in [0.2, 0.25) is 0 Å². The molecule has 8 heteroatoms. The SMILES string of the molecule is COCCCN(C(=O)c1ccc(F)cc1)C(C)c1nc2ccccc2c(=O)n1CCOC. The maximum Gasteiger partial charge on any atom is 0.261 e. The fourth-order valence-electron chi connectivity index (χ4n) is 3.65. The summed E-state index contributed by atoms with van der Waals surface area (Å²) in [4.78, 5) is 33.0. The number of amides is 1. The third-order valence-corrected chi connectivity index (χ3v) is 5.35. The number of methoxy groups -OCH3 is 2. The van der Waals surface area contributed by atoms with Crippen LogP contribution in [0.5, 0.6) is 0 Å². The maximum atomic E-state index is 13.4. The van der Waals surface area contributed by atoms with Gasteiger partial charge in [-0.15, -0.1) is 0 Å². The Morgan fingerprint density at radius 3 is 2.47 bits per heavy atom. The number of hydrogen-bond acceptors (Lipinski definition) is 5. The quantitative estimate of drug-likeness (QED) is 0.451. The van der Waals surface area contributed by atoms with Gasteiger partial charge in [0.2, 0.25) is 0 Å². The largest absolute Gasteiger partial charge is 0.385 e. The zero-order valence-corrected chi connectivity index (χ0v) is 18.6. The standard InChI is InChI=1S/C24H28FN3O4/c1-17(27(13-6-15-31-2)23(29)18-9-11-19(25)12-10-18)22-26-21-8-5-4-7-20(21)24(30)28(22)14-16-32-3/h4-5,7-12,17H,6,13-16H2,1-3H3. The predicted octanol–water partition coefficient (Wildman–Crippen LogP) is 3.42. The van der Waals surface area contributed by atoms with Gasteiger partial charge in [0.05, 0.1) is 30.1 Å². The highest BCUT2D eigenvalue weighted by atomic mass is 19.1. The molecule has 3 aromatic rings. The van der Waals surface area contributed by atoms with Gasteiger partial charge < -0.3 is 14.4 Å². The zero-order valence-electron chi connectivity index (χ0n) is 18.6. The van der Waals surface area contributed by atoms with E-state index in [1.807, 2.05) is 13.0 Å². The average Bonchev–Trinajstić information content (AvgIpc) is 2.81. The molecule has 0 bridgehead atoms. The highest BCUT2D eigenvalue weighted by Gasteiger charge is 2.27. The second-order valence-electron chi connectivity index (χ2n) is 7.46. The molecule has 0 aliphatic rings. The summed E-state index contributed by atoms with van der Waals surface area (Å²) in [5.41, 5.74) is 0.752. The molecular formula is C24H28FN3O4. The van der Waals surface area contributed by atoms with Crippen LogP contribution < -0.4 is 5.56 Å². The Hall–Kier alpha value is -3.10. The predicted molar refractivity (Wildman–Crippen MR) is 120 cm³/mol. The summed E-state index contributed by atoms with van der Waals surface area (Å²) >= 11 is 0. The summed E-state index contributed by atoms with van der Waals surface area (Å²) < 4.78 is 25.3. The van der Waals surface area contributed by atoms with E-state index in [1.54, 1.807) is 41.9 Å². The second-order valence-corrected chi connectivity index (χ2v) is 7.46. The fraction of sp³-hybridized carbons (Fsp3) is 0.375. The van der Waals surface area contributed by atoms with Crippen molar-refractivity contribution in [3.63, 3.8) is 0 Å². The monoisotopic (exact) mass is 441 g/mol. The first-order valence-electron chi connectivity index (χ1n) is 10.5. The normalized spacial score (nSPS) is 12.1. The van der Waals surface area contributed by atoms with E-state index < -0.39 is 11.9 Å². The highest BCUT2D eigenvalue weighted by molar-refractivity contribution is 5.94. The first-order chi connectivity index (χ1) is 15.5. The molecule has 0 aliphatic carbocycles. The molecule has 0 saturated heterocycles. The lowest BCUT2D eigenvalue weighted by Gasteiger charge is -2.30. The van der Waals surface area contributed by atoms with Crippen LogP contribution in [-0.4, -0.2) is 54.3 Å². The topological polar surface area (TPSA) is 73.7 Å². The first-order valence-corrected chi connectivity index (χ1v) is 10.5. The Bertz CT molecular complexity index is 1110. The molecule has 0 saturated carbocycles. The van der Waals surface area contributed by atoms with Gasteiger partial charge in [-0.25, -0.2) is 9.37 Å². The third-order valence-electron chi connectivity index (χ3n) is 5.35. The van der Waals surface area contributed by atoms with Crippen LogP contribution in [0.25, 0.3) is 10.9 Å². The minimum atomic E-state index is -0.515. The van der Waals surface area contributed by atoms with Crippen molar-refractivity contribution >= 4 is 16.8 Å². The van der Waals surface area contributed by atoms with Crippen LogP contribution in [0, 0.1) is 5.82 Å². The lowest BCUT2D eigenvalue weighted by molar-refractivity contribution is 0.0653. The number of carbonyl (C=O) groups excluding carboxylic acids is 1. The average molecular weight is 442 g/mol. The van der Waals surface area contributed by atoms with Crippen LogP contribution in [0.15, 0.2) is 53.3 Å². The summed E-state index contributed by atoms with van der Waals surface area (Å²) in [6, 6.07) is 12.1. The van der Waals surface area contributed by atoms with Crippen molar-refractivity contribution in [2.75, 3.05) is 34.0 Å². The Kier molecular flexibility index (Phi) is 8.08. The van der Waals surface area contributed by atoms with Gasteiger partial charge in [0.25, 0.3) is 11.5 Å². The summed E-state index contributed by atoms with van der Waals surface area (Å²) in [7, 11) is 3.17. The Balaban J connectivity index is 2.07. The molecule has 0 radical (unpaired) electrons. The summed E-state index contributed by atoms with van der Waals surface area (Å²) in [6.45, 7) is 3.34. The number of aromatic nitrogens is 2. The van der Waals surface area contributed by atoms with Crippen LogP contribution in [0.1, 0.15) is 35.6 Å². The van der Waals surface area contributed by atoms with Crippen LogP contribution >= 0.6 is 0 Å². The molecule has 7 nitrogen and oxygen atoms in total. The minimum Gasteiger partial charge on any atom is -0.385 e. The third kappa shape index (κ3) is 5.20. The smallest absolute Gasteiger partial charge is 0.261 e. The molecule has 1 heterocycles. The molecule has 3 rings (SSSR count). The number of benzene rings is 2. The Labute approximate surface area is 186 Å². The summed E-state index contributed by atoms with van der Waals surface area (Å²) in [5, 5.41) is 0.510. The van der Waals surface area contributed by atoms with Gasteiger partial charge >= 0.3 is 0 Å². The van der Waals surface area contributed by atoms with Gasteiger partial charge in [0.15, 0.2) is 0 Å². The number of para-hydroxylation sites is 1. The van der Waals surface area contributed by atoms with E-state index in [2.05, 4.69) is 0 Å². The number of nitrogens with zero attached hydrogens (tertiary/aromatic N) is 3. The molecule has 1 atom stereocenters. The maximum absolute atomic E-state index is 13.4. The van der Waals surface area contributed by atoms with Crippen molar-refractivity contribution in [3.05, 3.63) is 76.1 Å². The zero-order chi connectivity index (χ0) is 23.1. The summed E-state index contributed by atoms with van der Waals surface area (Å²) in [5.74, 6) is -0.210. The van der Waals surface area contributed by atoms with Gasteiger partial charge in [-0.05, 0) is 49.7 Å². The van der Waals surface area contributed by atoms with E-state index in [0.29, 0.717) is 55.0 Å². The van der Waals surface area contributed by atoms with Crippen LogP contribution in [0.4, 0.5) is 4.39 Å². The first kappa shape index (κ1) is 23.6. The van der Waals surface area contributed by atoms with Gasteiger partial charge in [-0.3, -0.25) is 14.2 Å². The van der Waals surface area contributed by atoms with E-state index in [1.165, 1.54) is 24.3 Å². The minimum absolute atomic E-state index is 0.180. The van der Waals surface area contributed by atoms with E-state index in [0.717, 1.165) is 0 Å². The van der Waals surface area contributed by atoms with E-state index >= 15 is 0 Å². The lowest BCUT2D eigenvalue weighted by Crippen LogP contribution is -2.39. The van der Waals surface area contributed by atoms with Crippen molar-refractivity contribution in [3.8, 4) is 0 Å². The molecular weight excluding hydrogens is 413 g/mol. The molecule has 1 aromatic heterocycles. The Morgan fingerprint density at radius 1 is 1.09 bits per heavy atom. The summed E-state index contributed by atoms with van der Waals surface area (Å²) in [6.07, 6.45) is 0.601. The molecule has 170 valence electrons. The van der Waals surface area contributed by atoms with E-state index in [9.17, 15) is 14.0 Å². The molecule has 1 amide bonds. The molecule has 32 heavy (non-hydrogen) atoms. The number of hydrogen-bond donors (Lipinski definition) is 0. The van der Waals surface area contributed by atoms with Crippen molar-refractivity contribution in [1.82, 2.24) is 14.5 Å². The van der Waals surface area contributed by atoms with Crippen molar-refractivity contribution in [2.45, 2.75) is 25.9 Å². The molecule has 1 unspecified atom stereocenters. The molecule has 2 aromatic carbocycles. The number of rotatable bonds is 10. The van der Waals surface area contributed by atoms with E-state index in [-0.39, 0.29) is 11.5 Å². The molecule has 0 fully saturated rings. The fourth-order valence-corrected chi connectivity index (χ4v) is 3.65. The number of ether oxygens (including phenoxy) is 2. The van der Waals surface area contributed by atoms with Crippen molar-refractivity contribution < 1.29 is 18.7 Å². The number of halogens is 1. The molecule has 0 spiro atoms. The van der Waals surface area contributed by atoms with Crippen molar-refractivity contribution in [2.24, 2.45) is 0 Å². The lowest BCUT2D eigenvalue weighted by atomic mass is 10.1.